The lowest BCUT2D eigenvalue weighted by Gasteiger charge is -2.16. The molecule has 1 saturated carbocycles. The minimum atomic E-state index is -2.90. The van der Waals surface area contributed by atoms with Gasteiger partial charge in [0.05, 0.1) is 6.04 Å². The van der Waals surface area contributed by atoms with Gasteiger partial charge in [0.15, 0.2) is 12.3 Å². The van der Waals surface area contributed by atoms with E-state index in [1.54, 1.807) is 6.07 Å². The van der Waals surface area contributed by atoms with Gasteiger partial charge in [0.2, 0.25) is 0 Å². The summed E-state index contributed by atoms with van der Waals surface area (Å²) in [6.07, 6.45) is 0.526. The zero-order valence-corrected chi connectivity index (χ0v) is 10.8. The van der Waals surface area contributed by atoms with Crippen molar-refractivity contribution >= 4 is 14.1 Å². The van der Waals surface area contributed by atoms with Crippen molar-refractivity contribution in [3.05, 3.63) is 18.6 Å². The molecule has 1 unspecified atom stereocenters. The van der Waals surface area contributed by atoms with Gasteiger partial charge >= 0.3 is 8.25 Å². The monoisotopic (exact) mass is 290 g/mol. The quantitative estimate of drug-likeness (QED) is 0.683. The molecule has 104 valence electrons. The van der Waals surface area contributed by atoms with Gasteiger partial charge in [-0.15, -0.1) is 9.42 Å². The van der Waals surface area contributed by atoms with Crippen molar-refractivity contribution in [2.45, 2.75) is 24.7 Å². The van der Waals surface area contributed by atoms with Gasteiger partial charge in [-0.05, 0) is 12.5 Å². The summed E-state index contributed by atoms with van der Waals surface area (Å²) in [5, 5.41) is 12.0. The summed E-state index contributed by atoms with van der Waals surface area (Å²) in [6.45, 7) is -0.309. The molecule has 3 N–H and O–H groups in total. The smallest absolute Gasteiger partial charge is 0.396 e. The van der Waals surface area contributed by atoms with Crippen LogP contribution in [0, 0.1) is 5.92 Å². The lowest BCUT2D eigenvalue weighted by Crippen LogP contribution is -2.33. The lowest BCUT2D eigenvalue weighted by atomic mass is 10.1. The van der Waals surface area contributed by atoms with E-state index in [1.165, 1.54) is 12.5 Å². The second kappa shape index (κ2) is 6.29. The van der Waals surface area contributed by atoms with E-state index in [2.05, 4.69) is 19.8 Å². The Morgan fingerprint density at radius 2 is 2.42 bits per heavy atom. The van der Waals surface area contributed by atoms with Gasteiger partial charge < -0.3 is 10.4 Å². The summed E-state index contributed by atoms with van der Waals surface area (Å²) < 4.78 is 29.5. The molecule has 0 aliphatic heterocycles. The van der Waals surface area contributed by atoms with Gasteiger partial charge in [0.1, 0.15) is 12.1 Å². The Kier molecular flexibility index (Phi) is 4.71. The van der Waals surface area contributed by atoms with Crippen LogP contribution in [-0.2, 0) is 9.09 Å². The van der Waals surface area contributed by atoms with Crippen LogP contribution in [0.3, 0.4) is 0 Å². The van der Waals surface area contributed by atoms with Gasteiger partial charge in [-0.25, -0.2) is 14.4 Å². The van der Waals surface area contributed by atoms with Crippen LogP contribution in [0.4, 0.5) is 10.2 Å². The highest BCUT2D eigenvalue weighted by Crippen LogP contribution is 2.37. The summed E-state index contributed by atoms with van der Waals surface area (Å²) in [4.78, 5) is 16.4. The molecular weight excluding hydrogens is 276 g/mol. The normalized spacial score (nSPS) is 31.2. The van der Waals surface area contributed by atoms with Crippen LogP contribution in [0.2, 0.25) is 0 Å². The number of hydrogen-bond donors (Lipinski definition) is 3. The molecule has 1 aromatic heterocycles. The molecule has 1 aliphatic rings. The average Bonchev–Trinajstić information content (AvgIpc) is 2.68. The van der Waals surface area contributed by atoms with Crippen molar-refractivity contribution in [1.29, 1.82) is 0 Å². The van der Waals surface area contributed by atoms with Gasteiger partial charge in [-0.3, -0.25) is 0 Å². The predicted octanol–water partition coefficient (Wildman–Crippen LogP) is 0.642. The lowest BCUT2D eigenvalue weighted by molar-refractivity contribution is 0.0612. The van der Waals surface area contributed by atoms with E-state index < -0.39 is 32.5 Å². The van der Waals surface area contributed by atoms with Gasteiger partial charge in [0, 0.05) is 23.3 Å². The van der Waals surface area contributed by atoms with Crippen LogP contribution < -0.4 is 5.32 Å². The number of hydrogen-bond acceptors (Lipinski definition) is 6. The topological polar surface area (TPSA) is 105 Å². The fourth-order valence-corrected chi connectivity index (χ4v) is 2.71. The SMILES string of the molecule is O=[P+](O)O[C@@H]1[C@@H](CO)C[C@@H](Nc2ccncn2)[C@H]1F. The number of aliphatic hydroxyl groups excluding tert-OH is 1. The maximum Gasteiger partial charge on any atom is 0.695 e. The predicted molar refractivity (Wildman–Crippen MR) is 64.2 cm³/mol. The Balaban J connectivity index is 2.05. The molecule has 0 saturated heterocycles. The summed E-state index contributed by atoms with van der Waals surface area (Å²) in [7, 11) is -2.90. The van der Waals surface area contributed by atoms with E-state index in [9.17, 15) is 14.1 Å². The molecule has 0 spiro atoms. The van der Waals surface area contributed by atoms with Crippen molar-refractivity contribution in [3.8, 4) is 0 Å². The zero-order chi connectivity index (χ0) is 13.8. The maximum atomic E-state index is 14.2. The largest absolute Gasteiger partial charge is 0.695 e. The number of aromatic nitrogens is 2. The molecule has 5 atom stereocenters. The highest BCUT2D eigenvalue weighted by molar-refractivity contribution is 7.32. The number of halogens is 1. The van der Waals surface area contributed by atoms with Crippen molar-refractivity contribution < 1.29 is 23.5 Å². The standard InChI is InChI=1S/C10H13FN3O4P/c11-9-7(14-8-1-2-12-5-13-8)3-6(4-15)10(9)18-19(16)17/h1-2,5-7,9-10,15H,3-4H2,(H-,12,13,14,16,17)/p+1/t6-,7-,9-,10-/m1/s1. The third-order valence-corrected chi connectivity index (χ3v) is 3.50. The Morgan fingerprint density at radius 1 is 1.63 bits per heavy atom. The molecule has 2 rings (SSSR count). The molecular formula is C10H14FN3O4P+. The summed E-state index contributed by atoms with van der Waals surface area (Å²) in [5.41, 5.74) is 0. The number of nitrogens with zero attached hydrogens (tertiary/aromatic N) is 2. The van der Waals surface area contributed by atoms with Crippen LogP contribution in [0.1, 0.15) is 6.42 Å². The van der Waals surface area contributed by atoms with Crippen LogP contribution in [0.5, 0.6) is 0 Å². The van der Waals surface area contributed by atoms with E-state index in [0.717, 1.165) is 0 Å². The Hall–Kier alpha value is -1.21. The Bertz CT molecular complexity index is 438. The molecule has 7 nitrogen and oxygen atoms in total. The van der Waals surface area contributed by atoms with Crippen molar-refractivity contribution in [1.82, 2.24) is 9.97 Å². The number of rotatable bonds is 5. The second-order valence-electron chi connectivity index (χ2n) is 4.28. The third kappa shape index (κ3) is 3.42. The van der Waals surface area contributed by atoms with Crippen molar-refractivity contribution in [2.75, 3.05) is 11.9 Å². The summed E-state index contributed by atoms with van der Waals surface area (Å²) >= 11 is 0. The van der Waals surface area contributed by atoms with Gasteiger partial charge in [-0.2, -0.15) is 0 Å². The highest BCUT2D eigenvalue weighted by atomic mass is 31.1. The van der Waals surface area contributed by atoms with E-state index >= 15 is 0 Å². The van der Waals surface area contributed by atoms with E-state index in [1.807, 2.05) is 0 Å². The van der Waals surface area contributed by atoms with Crippen LogP contribution in [0.25, 0.3) is 0 Å². The molecule has 0 bridgehead atoms. The Labute approximate surface area is 109 Å². The third-order valence-electron chi connectivity index (χ3n) is 3.08. The summed E-state index contributed by atoms with van der Waals surface area (Å²) in [6, 6.07) is 0.952. The van der Waals surface area contributed by atoms with Gasteiger partial charge in [-0.1, -0.05) is 0 Å². The molecule has 0 amide bonds. The van der Waals surface area contributed by atoms with E-state index in [0.29, 0.717) is 5.82 Å². The van der Waals surface area contributed by atoms with Crippen LogP contribution in [-0.4, -0.2) is 44.9 Å². The first kappa shape index (κ1) is 14.2. The number of alkyl halides is 1. The zero-order valence-electron chi connectivity index (χ0n) is 9.89. The molecule has 1 fully saturated rings. The molecule has 1 aromatic rings. The Morgan fingerprint density at radius 3 is 3.00 bits per heavy atom. The minimum Gasteiger partial charge on any atom is -0.396 e. The summed E-state index contributed by atoms with van der Waals surface area (Å²) in [5.74, 6) is -0.0752. The minimum absolute atomic E-state index is 0.287. The first-order valence-corrected chi connectivity index (χ1v) is 6.85. The number of aliphatic hydroxyl groups is 1. The van der Waals surface area contributed by atoms with Crippen LogP contribution in [0.15, 0.2) is 18.6 Å². The molecule has 1 aliphatic carbocycles. The first-order chi connectivity index (χ1) is 9.11. The first-order valence-electron chi connectivity index (χ1n) is 5.72. The van der Waals surface area contributed by atoms with E-state index in [4.69, 9.17) is 4.89 Å². The van der Waals surface area contributed by atoms with E-state index in [-0.39, 0.29) is 13.0 Å². The fourth-order valence-electron chi connectivity index (χ4n) is 2.21. The molecule has 19 heavy (non-hydrogen) atoms. The molecule has 0 radical (unpaired) electrons. The van der Waals surface area contributed by atoms with Crippen molar-refractivity contribution in [3.63, 3.8) is 0 Å². The molecule has 1 heterocycles. The number of anilines is 1. The highest BCUT2D eigenvalue weighted by Gasteiger charge is 2.48. The van der Waals surface area contributed by atoms with Crippen LogP contribution >= 0.6 is 8.25 Å². The molecule has 0 aromatic carbocycles. The maximum absolute atomic E-state index is 14.2. The fraction of sp³-hybridized carbons (Fsp3) is 0.600. The van der Waals surface area contributed by atoms with Gasteiger partial charge in [0.25, 0.3) is 0 Å². The average molecular weight is 290 g/mol. The second-order valence-corrected chi connectivity index (χ2v) is 4.96. The number of nitrogens with one attached hydrogen (secondary N) is 1. The molecule has 9 heteroatoms. The van der Waals surface area contributed by atoms with Crippen molar-refractivity contribution in [2.24, 2.45) is 5.92 Å².